The van der Waals surface area contributed by atoms with E-state index in [1.54, 1.807) is 23.1 Å². The number of carbonyl (C=O) groups is 2. The maximum atomic E-state index is 12.4. The Labute approximate surface area is 124 Å². The molecule has 2 amide bonds. The number of nitrogens with zero attached hydrogens (tertiary/aromatic N) is 2. The van der Waals surface area contributed by atoms with E-state index in [0.29, 0.717) is 25.9 Å². The largest absolute Gasteiger partial charge is 0.481 e. The number of rotatable bonds is 4. The monoisotopic (exact) mass is 294 g/mol. The van der Waals surface area contributed by atoms with Crippen molar-refractivity contribution in [1.82, 2.24) is 9.80 Å². The minimum Gasteiger partial charge on any atom is -0.481 e. The molecule has 0 bridgehead atoms. The lowest BCUT2D eigenvalue weighted by Gasteiger charge is -2.26. The molecule has 116 valence electrons. The summed E-state index contributed by atoms with van der Waals surface area (Å²) in [6.45, 7) is 4.96. The number of hydrogen-bond acceptors (Lipinski definition) is 3. The van der Waals surface area contributed by atoms with E-state index in [4.69, 9.17) is 4.42 Å². The molecule has 6 heteroatoms. The summed E-state index contributed by atoms with van der Waals surface area (Å²) in [6, 6.07) is 1.71. The number of furan rings is 1. The zero-order chi connectivity index (χ0) is 15.6. The molecule has 1 aromatic rings. The van der Waals surface area contributed by atoms with E-state index < -0.39 is 11.4 Å². The van der Waals surface area contributed by atoms with Crippen LogP contribution < -0.4 is 0 Å². The first-order valence-corrected chi connectivity index (χ1v) is 7.16. The van der Waals surface area contributed by atoms with Crippen LogP contribution in [0.25, 0.3) is 0 Å². The van der Waals surface area contributed by atoms with Crippen LogP contribution in [0.4, 0.5) is 4.79 Å². The van der Waals surface area contributed by atoms with Gasteiger partial charge in [-0.25, -0.2) is 4.79 Å². The van der Waals surface area contributed by atoms with E-state index in [-0.39, 0.29) is 12.6 Å². The van der Waals surface area contributed by atoms with E-state index in [1.807, 2.05) is 19.9 Å². The molecule has 0 spiro atoms. The highest BCUT2D eigenvalue weighted by Crippen LogP contribution is 2.34. The second kappa shape index (κ2) is 5.79. The molecule has 2 heterocycles. The number of aryl methyl sites for hydroxylation is 1. The Hall–Kier alpha value is -1.98. The summed E-state index contributed by atoms with van der Waals surface area (Å²) in [5.74, 6) is -0.0156. The van der Waals surface area contributed by atoms with Gasteiger partial charge in [-0.1, -0.05) is 6.92 Å². The van der Waals surface area contributed by atoms with Gasteiger partial charge in [-0.05, 0) is 25.8 Å². The van der Waals surface area contributed by atoms with Crippen LogP contribution in [-0.4, -0.2) is 47.0 Å². The summed E-state index contributed by atoms with van der Waals surface area (Å²) in [6.07, 6.45) is 2.66. The first kappa shape index (κ1) is 15.4. The van der Waals surface area contributed by atoms with E-state index >= 15 is 0 Å². The zero-order valence-corrected chi connectivity index (χ0v) is 12.8. The molecule has 0 saturated carbocycles. The van der Waals surface area contributed by atoms with E-state index in [9.17, 15) is 14.7 Å². The maximum absolute atomic E-state index is 12.4. The second-order valence-electron chi connectivity index (χ2n) is 5.75. The van der Waals surface area contributed by atoms with Crippen LogP contribution in [0.1, 0.15) is 31.1 Å². The Bertz CT molecular complexity index is 540. The first-order chi connectivity index (χ1) is 9.89. The fraction of sp³-hybridized carbons (Fsp3) is 0.600. The number of likely N-dealkylation sites (tertiary alicyclic amines) is 1. The minimum atomic E-state index is -0.811. The lowest BCUT2D eigenvalue weighted by atomic mass is 9.84. The Morgan fingerprint density at radius 3 is 2.71 bits per heavy atom. The smallest absolute Gasteiger partial charge is 0.320 e. The highest BCUT2D eigenvalue weighted by Gasteiger charge is 2.45. The molecular weight excluding hydrogens is 272 g/mol. The average Bonchev–Trinajstić information content (AvgIpc) is 3.06. The first-order valence-electron chi connectivity index (χ1n) is 7.16. The Morgan fingerprint density at radius 1 is 1.52 bits per heavy atom. The van der Waals surface area contributed by atoms with Crippen molar-refractivity contribution in [2.75, 3.05) is 20.1 Å². The Kier molecular flexibility index (Phi) is 4.25. The molecule has 0 aliphatic carbocycles. The van der Waals surface area contributed by atoms with Gasteiger partial charge in [-0.3, -0.25) is 4.79 Å². The van der Waals surface area contributed by atoms with E-state index in [2.05, 4.69) is 0 Å². The van der Waals surface area contributed by atoms with Crippen LogP contribution in [0.5, 0.6) is 0 Å². The van der Waals surface area contributed by atoms with Gasteiger partial charge < -0.3 is 19.3 Å². The molecule has 1 saturated heterocycles. The van der Waals surface area contributed by atoms with Gasteiger partial charge in [0.05, 0.1) is 18.2 Å². The van der Waals surface area contributed by atoms with Gasteiger partial charge in [0.25, 0.3) is 0 Å². The number of urea groups is 1. The number of carboxylic acids is 1. The van der Waals surface area contributed by atoms with Crippen LogP contribution in [0.2, 0.25) is 0 Å². The van der Waals surface area contributed by atoms with Gasteiger partial charge in [-0.15, -0.1) is 0 Å². The molecule has 6 nitrogen and oxygen atoms in total. The SMILES string of the molecule is CCC1(C(=O)O)CCN(C(=O)N(C)Cc2ccoc2C)C1. The van der Waals surface area contributed by atoms with Crippen LogP contribution in [0.3, 0.4) is 0 Å². The van der Waals surface area contributed by atoms with Gasteiger partial charge >= 0.3 is 12.0 Å². The molecule has 1 aliphatic rings. The number of carbonyl (C=O) groups excluding carboxylic acids is 1. The predicted octanol–water partition coefficient (Wildman–Crippen LogP) is 2.33. The maximum Gasteiger partial charge on any atom is 0.320 e. The lowest BCUT2D eigenvalue weighted by molar-refractivity contribution is -0.148. The number of hydrogen-bond donors (Lipinski definition) is 1. The Balaban J connectivity index is 2.01. The van der Waals surface area contributed by atoms with Gasteiger partial charge in [-0.2, -0.15) is 0 Å². The fourth-order valence-corrected chi connectivity index (χ4v) is 2.79. The number of amides is 2. The molecule has 1 aliphatic heterocycles. The second-order valence-corrected chi connectivity index (χ2v) is 5.75. The molecule has 0 radical (unpaired) electrons. The van der Waals surface area contributed by atoms with Crippen LogP contribution >= 0.6 is 0 Å². The molecular formula is C15H22N2O4. The molecule has 1 atom stereocenters. The average molecular weight is 294 g/mol. The summed E-state index contributed by atoms with van der Waals surface area (Å²) in [5.41, 5.74) is 0.173. The zero-order valence-electron chi connectivity index (χ0n) is 12.8. The quantitative estimate of drug-likeness (QED) is 0.925. The number of aliphatic carboxylic acids is 1. The van der Waals surface area contributed by atoms with Gasteiger partial charge in [0, 0.05) is 25.7 Å². The van der Waals surface area contributed by atoms with Crippen molar-refractivity contribution < 1.29 is 19.1 Å². The van der Waals surface area contributed by atoms with Crippen molar-refractivity contribution in [1.29, 1.82) is 0 Å². The highest BCUT2D eigenvalue weighted by molar-refractivity contribution is 5.79. The van der Waals surface area contributed by atoms with E-state index in [0.717, 1.165) is 11.3 Å². The highest BCUT2D eigenvalue weighted by atomic mass is 16.4. The summed E-state index contributed by atoms with van der Waals surface area (Å²) < 4.78 is 5.22. The van der Waals surface area contributed by atoms with E-state index in [1.165, 1.54) is 0 Å². The molecule has 1 fully saturated rings. The van der Waals surface area contributed by atoms with Crippen molar-refractivity contribution in [3.63, 3.8) is 0 Å². The third-order valence-corrected chi connectivity index (χ3v) is 4.46. The van der Waals surface area contributed by atoms with Crippen molar-refractivity contribution in [3.8, 4) is 0 Å². The lowest BCUT2D eigenvalue weighted by Crippen LogP contribution is -2.42. The molecule has 0 aromatic carbocycles. The van der Waals surface area contributed by atoms with Gasteiger partial charge in [0.2, 0.25) is 0 Å². The molecule has 21 heavy (non-hydrogen) atoms. The van der Waals surface area contributed by atoms with Crippen molar-refractivity contribution in [2.24, 2.45) is 5.41 Å². The third-order valence-electron chi connectivity index (χ3n) is 4.46. The summed E-state index contributed by atoms with van der Waals surface area (Å²) in [4.78, 5) is 27.1. The Morgan fingerprint density at radius 2 is 2.24 bits per heavy atom. The molecule has 2 rings (SSSR count). The van der Waals surface area contributed by atoms with Crippen molar-refractivity contribution in [2.45, 2.75) is 33.2 Å². The normalized spacial score (nSPS) is 21.6. The summed E-state index contributed by atoms with van der Waals surface area (Å²) >= 11 is 0. The minimum absolute atomic E-state index is 0.132. The summed E-state index contributed by atoms with van der Waals surface area (Å²) in [5, 5.41) is 9.38. The molecule has 1 aromatic heterocycles. The van der Waals surface area contributed by atoms with Gasteiger partial charge in [0.1, 0.15) is 5.76 Å². The van der Waals surface area contributed by atoms with Crippen molar-refractivity contribution in [3.05, 3.63) is 23.7 Å². The summed E-state index contributed by atoms with van der Waals surface area (Å²) in [7, 11) is 1.72. The standard InChI is InChI=1S/C15H22N2O4/c1-4-15(13(18)19)6-7-17(10-15)14(20)16(3)9-12-5-8-21-11(12)2/h5,8H,4,6-7,9-10H2,1-3H3,(H,18,19). The molecule has 1 N–H and O–H groups in total. The number of carboxylic acid groups (broad SMARTS) is 1. The third kappa shape index (κ3) is 2.89. The van der Waals surface area contributed by atoms with Crippen LogP contribution in [-0.2, 0) is 11.3 Å². The van der Waals surface area contributed by atoms with Gasteiger partial charge in [0.15, 0.2) is 0 Å². The van der Waals surface area contributed by atoms with Crippen LogP contribution in [0.15, 0.2) is 16.7 Å². The van der Waals surface area contributed by atoms with Crippen molar-refractivity contribution >= 4 is 12.0 Å². The van der Waals surface area contributed by atoms with Crippen LogP contribution in [0, 0.1) is 12.3 Å². The topological polar surface area (TPSA) is 74.0 Å². The fourth-order valence-electron chi connectivity index (χ4n) is 2.79. The molecule has 1 unspecified atom stereocenters. The predicted molar refractivity (Wildman–Crippen MR) is 76.9 cm³/mol.